The predicted molar refractivity (Wildman–Crippen MR) is 87.6 cm³/mol. The predicted octanol–water partition coefficient (Wildman–Crippen LogP) is 0.920. The first-order valence-electron chi connectivity index (χ1n) is 8.30. The number of hydrogen-bond donors (Lipinski definition) is 0. The maximum atomic E-state index is 12.2. The summed E-state index contributed by atoms with van der Waals surface area (Å²) in [6.07, 6.45) is 7.36. The summed E-state index contributed by atoms with van der Waals surface area (Å²) in [4.78, 5) is 22.6. The van der Waals surface area contributed by atoms with Crippen molar-refractivity contribution in [2.24, 2.45) is 5.92 Å². The Labute approximate surface area is 139 Å². The molecule has 0 atom stereocenters. The number of nitrogens with zero attached hydrogens (tertiary/aromatic N) is 6. The van der Waals surface area contributed by atoms with E-state index in [1.807, 2.05) is 4.90 Å². The van der Waals surface area contributed by atoms with Gasteiger partial charge in [0.15, 0.2) is 11.5 Å². The minimum absolute atomic E-state index is 0.00804. The van der Waals surface area contributed by atoms with E-state index in [1.54, 1.807) is 16.9 Å². The minimum atomic E-state index is -0.00804. The molecule has 2 aromatic rings. The summed E-state index contributed by atoms with van der Waals surface area (Å²) in [5, 5.41) is 13.7. The van der Waals surface area contributed by atoms with E-state index in [0.29, 0.717) is 24.0 Å². The molecule has 122 valence electrons. The maximum Gasteiger partial charge on any atom is 0.267 e. The van der Waals surface area contributed by atoms with Crippen LogP contribution in [0.1, 0.15) is 29.8 Å². The lowest BCUT2D eigenvalue weighted by atomic mass is 9.96. The number of fused-ring (bicyclic) bond motifs is 1. The zero-order chi connectivity index (χ0) is 16.5. The van der Waals surface area contributed by atoms with E-state index < -0.39 is 0 Å². The van der Waals surface area contributed by atoms with Crippen LogP contribution >= 0.6 is 0 Å². The zero-order valence-electron chi connectivity index (χ0n) is 13.4. The van der Waals surface area contributed by atoms with Crippen LogP contribution < -0.4 is 10.5 Å². The van der Waals surface area contributed by atoms with Gasteiger partial charge in [-0.25, -0.2) is 14.6 Å². The summed E-state index contributed by atoms with van der Waals surface area (Å²) >= 11 is 0. The molecular weight excluding hydrogens is 304 g/mol. The highest BCUT2D eigenvalue weighted by Crippen LogP contribution is 2.25. The number of anilines is 1. The van der Waals surface area contributed by atoms with Gasteiger partial charge in [0.25, 0.3) is 5.56 Å². The van der Waals surface area contributed by atoms with Crippen molar-refractivity contribution in [1.29, 1.82) is 5.26 Å². The third kappa shape index (κ3) is 2.64. The van der Waals surface area contributed by atoms with Crippen molar-refractivity contribution in [3.63, 3.8) is 0 Å². The van der Waals surface area contributed by atoms with Gasteiger partial charge in [0, 0.05) is 37.5 Å². The molecule has 0 aromatic carbocycles. The lowest BCUT2D eigenvalue weighted by molar-refractivity contribution is 0.329. The molecule has 1 fully saturated rings. The van der Waals surface area contributed by atoms with Crippen LogP contribution in [0.5, 0.6) is 0 Å². The van der Waals surface area contributed by atoms with Crippen LogP contribution in [0.3, 0.4) is 0 Å². The molecule has 24 heavy (non-hydrogen) atoms. The van der Waals surface area contributed by atoms with Crippen molar-refractivity contribution in [3.05, 3.63) is 45.8 Å². The molecule has 0 bridgehead atoms. The number of nitriles is 1. The highest BCUT2D eigenvalue weighted by molar-refractivity contribution is 5.51. The van der Waals surface area contributed by atoms with E-state index in [1.165, 1.54) is 6.20 Å². The molecule has 0 N–H and O–H groups in total. The second kappa shape index (κ2) is 6.04. The van der Waals surface area contributed by atoms with Gasteiger partial charge in [0.1, 0.15) is 6.07 Å². The highest BCUT2D eigenvalue weighted by Gasteiger charge is 2.30. The molecule has 2 aromatic heterocycles. The van der Waals surface area contributed by atoms with Crippen molar-refractivity contribution < 1.29 is 0 Å². The smallest absolute Gasteiger partial charge is 0.267 e. The molecule has 0 amide bonds. The van der Waals surface area contributed by atoms with E-state index in [9.17, 15) is 4.79 Å². The van der Waals surface area contributed by atoms with Crippen molar-refractivity contribution in [3.8, 4) is 6.07 Å². The minimum Gasteiger partial charge on any atom is -0.353 e. The molecule has 0 spiro atoms. The Morgan fingerprint density at radius 2 is 2.00 bits per heavy atom. The van der Waals surface area contributed by atoms with Crippen molar-refractivity contribution in [2.75, 3.05) is 18.0 Å². The van der Waals surface area contributed by atoms with Gasteiger partial charge in [0.2, 0.25) is 0 Å². The summed E-state index contributed by atoms with van der Waals surface area (Å²) in [5.74, 6) is 0.965. The Morgan fingerprint density at radius 3 is 2.83 bits per heavy atom. The maximum absolute atomic E-state index is 12.2. The first kappa shape index (κ1) is 14.8. The van der Waals surface area contributed by atoms with E-state index in [-0.39, 0.29) is 5.56 Å². The van der Waals surface area contributed by atoms with Crippen LogP contribution in [0.2, 0.25) is 0 Å². The van der Waals surface area contributed by atoms with Gasteiger partial charge in [-0.2, -0.15) is 10.4 Å². The highest BCUT2D eigenvalue weighted by atomic mass is 16.1. The fourth-order valence-electron chi connectivity index (χ4n) is 3.48. The molecule has 1 aliphatic heterocycles. The Hall–Kier alpha value is -2.75. The standard InChI is InChI=1S/C17H18N6O/c18-8-15-17(20-6-5-19-15)22-9-12(10-22)11-23-16(24)7-13-3-1-2-4-14(13)21-23/h5-7,12H,1-4,9-11H2. The van der Waals surface area contributed by atoms with Gasteiger partial charge in [-0.15, -0.1) is 0 Å². The Balaban J connectivity index is 1.45. The Morgan fingerprint density at radius 1 is 1.21 bits per heavy atom. The summed E-state index contributed by atoms with van der Waals surface area (Å²) in [7, 11) is 0. The molecule has 0 saturated carbocycles. The third-order valence-electron chi connectivity index (χ3n) is 4.75. The zero-order valence-corrected chi connectivity index (χ0v) is 13.4. The summed E-state index contributed by atoms with van der Waals surface area (Å²) in [5.41, 5.74) is 2.54. The van der Waals surface area contributed by atoms with Crippen LogP contribution in [0.15, 0.2) is 23.3 Å². The molecule has 7 nitrogen and oxygen atoms in total. The first-order chi connectivity index (χ1) is 11.7. The van der Waals surface area contributed by atoms with Crippen LogP contribution in [-0.4, -0.2) is 32.8 Å². The van der Waals surface area contributed by atoms with Crippen molar-refractivity contribution in [2.45, 2.75) is 32.2 Å². The van der Waals surface area contributed by atoms with Gasteiger partial charge in [-0.05, 0) is 31.2 Å². The fourth-order valence-corrected chi connectivity index (χ4v) is 3.48. The van der Waals surface area contributed by atoms with E-state index in [4.69, 9.17) is 5.26 Å². The van der Waals surface area contributed by atoms with Crippen molar-refractivity contribution >= 4 is 5.82 Å². The quantitative estimate of drug-likeness (QED) is 0.835. The van der Waals surface area contributed by atoms with Gasteiger partial charge in [0.05, 0.1) is 12.2 Å². The Kier molecular flexibility index (Phi) is 3.73. The average Bonchev–Trinajstić information content (AvgIpc) is 2.58. The third-order valence-corrected chi connectivity index (χ3v) is 4.75. The van der Waals surface area contributed by atoms with Crippen LogP contribution in [0, 0.1) is 17.2 Å². The normalized spacial score (nSPS) is 17.0. The molecule has 3 heterocycles. The van der Waals surface area contributed by atoms with E-state index >= 15 is 0 Å². The van der Waals surface area contributed by atoms with E-state index in [2.05, 4.69) is 21.1 Å². The van der Waals surface area contributed by atoms with E-state index in [0.717, 1.165) is 50.0 Å². The number of hydrogen-bond acceptors (Lipinski definition) is 6. The summed E-state index contributed by atoms with van der Waals surface area (Å²) in [6.45, 7) is 2.14. The van der Waals surface area contributed by atoms with Gasteiger partial charge in [-0.3, -0.25) is 4.79 Å². The molecule has 7 heteroatoms. The topological polar surface area (TPSA) is 87.7 Å². The van der Waals surface area contributed by atoms with Crippen molar-refractivity contribution in [1.82, 2.24) is 19.7 Å². The molecule has 0 unspecified atom stereocenters. The number of rotatable bonds is 3. The largest absolute Gasteiger partial charge is 0.353 e. The monoisotopic (exact) mass is 322 g/mol. The van der Waals surface area contributed by atoms with Crippen LogP contribution in [-0.2, 0) is 19.4 Å². The lowest BCUT2D eigenvalue weighted by Crippen LogP contribution is -2.50. The second-order valence-electron chi connectivity index (χ2n) is 6.46. The SMILES string of the molecule is N#Cc1nccnc1N1CC(Cn2nc3c(cc2=O)CCCC3)C1. The second-order valence-corrected chi connectivity index (χ2v) is 6.46. The summed E-state index contributed by atoms with van der Waals surface area (Å²) in [6, 6.07) is 3.83. The average molecular weight is 322 g/mol. The van der Waals surface area contributed by atoms with Crippen LogP contribution in [0.25, 0.3) is 0 Å². The molecule has 4 rings (SSSR count). The Bertz CT molecular complexity index is 862. The lowest BCUT2D eigenvalue weighted by Gasteiger charge is -2.40. The molecule has 1 aliphatic carbocycles. The van der Waals surface area contributed by atoms with Gasteiger partial charge >= 0.3 is 0 Å². The first-order valence-corrected chi connectivity index (χ1v) is 8.30. The molecule has 2 aliphatic rings. The fraction of sp³-hybridized carbons (Fsp3) is 0.471. The number of aromatic nitrogens is 4. The van der Waals surface area contributed by atoms with Gasteiger partial charge in [-0.1, -0.05) is 0 Å². The number of aryl methyl sites for hydroxylation is 2. The summed E-state index contributed by atoms with van der Waals surface area (Å²) < 4.78 is 1.61. The van der Waals surface area contributed by atoms with Crippen LogP contribution in [0.4, 0.5) is 5.82 Å². The molecular formula is C17H18N6O. The molecule has 0 radical (unpaired) electrons. The van der Waals surface area contributed by atoms with Gasteiger partial charge < -0.3 is 4.90 Å². The molecule has 1 saturated heterocycles.